The van der Waals surface area contributed by atoms with E-state index in [1.807, 2.05) is 18.2 Å². The van der Waals surface area contributed by atoms with Crippen molar-refractivity contribution in [3.05, 3.63) is 42.1 Å². The lowest BCUT2D eigenvalue weighted by atomic mass is 9.97. The van der Waals surface area contributed by atoms with Crippen LogP contribution in [0.4, 0.5) is 10.6 Å². The number of nitrogens with zero attached hydrogens (tertiary/aromatic N) is 1. The van der Waals surface area contributed by atoms with Crippen LogP contribution in [0.25, 0.3) is 0 Å². The molecule has 0 saturated heterocycles. The molecule has 2 aliphatic rings. The van der Waals surface area contributed by atoms with Gasteiger partial charge in [0.2, 0.25) is 5.91 Å². The first-order chi connectivity index (χ1) is 15.2. The minimum absolute atomic E-state index is 0.101. The van der Waals surface area contributed by atoms with E-state index in [9.17, 15) is 9.59 Å². The summed E-state index contributed by atoms with van der Waals surface area (Å²) in [6, 6.07) is 8.52. The van der Waals surface area contributed by atoms with E-state index in [0.29, 0.717) is 24.6 Å². The Morgan fingerprint density at radius 3 is 2.62 bits per heavy atom. The molecular formula is C24H29N3O5. The van der Waals surface area contributed by atoms with Crippen LogP contribution in [0.1, 0.15) is 52.5 Å². The number of fused-ring (bicyclic) bond motifs is 2. The summed E-state index contributed by atoms with van der Waals surface area (Å²) in [6.45, 7) is 7.82. The molecule has 1 unspecified atom stereocenters. The van der Waals surface area contributed by atoms with Crippen LogP contribution in [-0.2, 0) is 14.9 Å². The molecule has 1 aromatic carbocycles. The Balaban J connectivity index is 1.38. The molecule has 8 heteroatoms. The topological polar surface area (TPSA) is 98.8 Å². The third-order valence-corrected chi connectivity index (χ3v) is 5.51. The largest absolute Gasteiger partial charge is 0.492 e. The summed E-state index contributed by atoms with van der Waals surface area (Å²) in [7, 11) is 0. The molecule has 32 heavy (non-hydrogen) atoms. The Bertz CT molecular complexity index is 1010. The summed E-state index contributed by atoms with van der Waals surface area (Å²) in [5, 5.41) is 5.31. The van der Waals surface area contributed by atoms with Crippen molar-refractivity contribution in [3.63, 3.8) is 0 Å². The number of anilines is 1. The number of rotatable bonds is 6. The summed E-state index contributed by atoms with van der Waals surface area (Å²) < 4.78 is 17.1. The van der Waals surface area contributed by atoms with Gasteiger partial charge < -0.3 is 24.8 Å². The third-order valence-electron chi connectivity index (χ3n) is 5.51. The van der Waals surface area contributed by atoms with Crippen molar-refractivity contribution in [1.82, 2.24) is 10.3 Å². The maximum absolute atomic E-state index is 12.6. The molecule has 2 aromatic rings. The van der Waals surface area contributed by atoms with Crippen LogP contribution in [0, 0.1) is 0 Å². The lowest BCUT2D eigenvalue weighted by Crippen LogP contribution is -2.45. The number of hydrogen-bond acceptors (Lipinski definition) is 6. The highest BCUT2D eigenvalue weighted by atomic mass is 16.6. The van der Waals surface area contributed by atoms with Crippen LogP contribution in [0.15, 0.2) is 36.5 Å². The molecule has 170 valence electrons. The quantitative estimate of drug-likeness (QED) is 0.686. The van der Waals surface area contributed by atoms with E-state index in [-0.39, 0.29) is 11.3 Å². The van der Waals surface area contributed by atoms with E-state index >= 15 is 0 Å². The van der Waals surface area contributed by atoms with Gasteiger partial charge in [-0.15, -0.1) is 0 Å². The normalized spacial score (nSPS) is 16.5. The van der Waals surface area contributed by atoms with Gasteiger partial charge in [-0.05, 0) is 64.3 Å². The molecule has 1 spiro atoms. The van der Waals surface area contributed by atoms with Crippen LogP contribution in [-0.4, -0.2) is 35.2 Å². The van der Waals surface area contributed by atoms with Crippen LogP contribution >= 0.6 is 0 Å². The summed E-state index contributed by atoms with van der Waals surface area (Å²) in [5.74, 6) is 2.24. The average Bonchev–Trinajstić information content (AvgIpc) is 3.41. The first kappa shape index (κ1) is 21.9. The van der Waals surface area contributed by atoms with Crippen molar-refractivity contribution in [2.75, 3.05) is 11.9 Å². The molecule has 4 rings (SSSR count). The van der Waals surface area contributed by atoms with Gasteiger partial charge in [-0.25, -0.2) is 9.78 Å². The van der Waals surface area contributed by atoms with Gasteiger partial charge >= 0.3 is 6.09 Å². The Kier molecular flexibility index (Phi) is 5.71. The highest BCUT2D eigenvalue weighted by molar-refractivity contribution is 5.95. The fraction of sp³-hybridized carbons (Fsp3) is 0.458. The van der Waals surface area contributed by atoms with Crippen LogP contribution < -0.4 is 20.1 Å². The Morgan fingerprint density at radius 1 is 1.22 bits per heavy atom. The molecular weight excluding hydrogens is 410 g/mol. The zero-order valence-corrected chi connectivity index (χ0v) is 18.9. The number of alkyl carbamates (subject to hydrolysis) is 1. The first-order valence-electron chi connectivity index (χ1n) is 10.9. The monoisotopic (exact) mass is 439 g/mol. The molecule has 1 aromatic heterocycles. The van der Waals surface area contributed by atoms with Crippen LogP contribution in [0.3, 0.4) is 0 Å². The molecule has 8 nitrogen and oxygen atoms in total. The molecule has 1 fully saturated rings. The summed E-state index contributed by atoms with van der Waals surface area (Å²) in [5.41, 5.74) is 0.598. The lowest BCUT2D eigenvalue weighted by Gasteiger charge is -2.22. The standard InChI is InChI=1S/C24H29N3O5/c1-5-16(26-22(29)32-23(2,3)4)21(28)27-19-10-9-15(13-25-19)31-18-8-6-7-17-20(18)24(11-12-24)14-30-17/h6-10,13,16H,5,11-12,14H2,1-4H3,(H,26,29)(H,25,27,28). The minimum Gasteiger partial charge on any atom is -0.492 e. The predicted molar refractivity (Wildman–Crippen MR) is 119 cm³/mol. The van der Waals surface area contributed by atoms with Gasteiger partial charge in [-0.3, -0.25) is 4.79 Å². The molecule has 0 bridgehead atoms. The third kappa shape index (κ3) is 4.79. The smallest absolute Gasteiger partial charge is 0.408 e. The van der Waals surface area contributed by atoms with E-state index < -0.39 is 17.7 Å². The van der Waals surface area contributed by atoms with E-state index in [1.54, 1.807) is 46.0 Å². The van der Waals surface area contributed by atoms with Gasteiger partial charge in [0.05, 0.1) is 12.8 Å². The van der Waals surface area contributed by atoms with Gasteiger partial charge in [0.15, 0.2) is 0 Å². The molecule has 2 heterocycles. The number of carbonyl (C=O) groups is 2. The van der Waals surface area contributed by atoms with E-state index in [1.165, 1.54) is 0 Å². The van der Waals surface area contributed by atoms with Gasteiger partial charge in [-0.2, -0.15) is 0 Å². The minimum atomic E-state index is -0.732. The molecule has 0 radical (unpaired) electrons. The van der Waals surface area contributed by atoms with Crippen LogP contribution in [0.5, 0.6) is 17.2 Å². The van der Waals surface area contributed by atoms with Crippen LogP contribution in [0.2, 0.25) is 0 Å². The van der Waals surface area contributed by atoms with E-state index in [4.69, 9.17) is 14.2 Å². The number of hydrogen-bond donors (Lipinski definition) is 2. The molecule has 1 atom stereocenters. The van der Waals surface area contributed by atoms with Crippen molar-refractivity contribution in [3.8, 4) is 17.2 Å². The highest BCUT2D eigenvalue weighted by Gasteiger charge is 2.52. The second-order valence-corrected chi connectivity index (χ2v) is 9.28. The first-order valence-corrected chi connectivity index (χ1v) is 10.9. The highest BCUT2D eigenvalue weighted by Crippen LogP contribution is 2.58. The number of carbonyl (C=O) groups excluding carboxylic acids is 2. The van der Waals surface area contributed by atoms with E-state index in [2.05, 4.69) is 15.6 Å². The van der Waals surface area contributed by atoms with E-state index in [0.717, 1.165) is 29.9 Å². The van der Waals surface area contributed by atoms with Gasteiger partial charge in [-0.1, -0.05) is 13.0 Å². The number of ether oxygens (including phenoxy) is 3. The fourth-order valence-electron chi connectivity index (χ4n) is 3.73. The summed E-state index contributed by atoms with van der Waals surface area (Å²) >= 11 is 0. The number of nitrogens with one attached hydrogen (secondary N) is 2. The van der Waals surface area contributed by atoms with Crippen molar-refractivity contribution in [2.24, 2.45) is 0 Å². The summed E-state index contributed by atoms with van der Waals surface area (Å²) in [6.07, 6.45) is 3.56. The molecule has 1 saturated carbocycles. The van der Waals surface area contributed by atoms with Crippen molar-refractivity contribution >= 4 is 17.8 Å². The number of benzene rings is 1. The SMILES string of the molecule is CCC(NC(=O)OC(C)(C)C)C(=O)Nc1ccc(Oc2cccc3c2C2(CC2)CO3)cn1. The second-order valence-electron chi connectivity index (χ2n) is 9.28. The summed E-state index contributed by atoms with van der Waals surface area (Å²) in [4.78, 5) is 28.8. The average molecular weight is 440 g/mol. The fourth-order valence-corrected chi connectivity index (χ4v) is 3.73. The molecule has 2 amide bonds. The molecule has 1 aliphatic heterocycles. The Labute approximate surface area is 187 Å². The number of aromatic nitrogens is 1. The number of pyridine rings is 1. The number of amides is 2. The second kappa shape index (κ2) is 8.33. The van der Waals surface area contributed by atoms with Gasteiger partial charge in [0, 0.05) is 11.0 Å². The maximum Gasteiger partial charge on any atom is 0.408 e. The maximum atomic E-state index is 12.6. The van der Waals surface area contributed by atoms with Gasteiger partial charge in [0.25, 0.3) is 0 Å². The zero-order chi connectivity index (χ0) is 22.9. The zero-order valence-electron chi connectivity index (χ0n) is 18.9. The molecule has 2 N–H and O–H groups in total. The van der Waals surface area contributed by atoms with Crippen molar-refractivity contribution in [1.29, 1.82) is 0 Å². The lowest BCUT2D eigenvalue weighted by molar-refractivity contribution is -0.118. The predicted octanol–water partition coefficient (Wildman–Crippen LogP) is 4.54. The van der Waals surface area contributed by atoms with Gasteiger partial charge in [0.1, 0.15) is 34.7 Å². The Morgan fingerprint density at radius 2 is 2.00 bits per heavy atom. The van der Waals surface area contributed by atoms with Crippen molar-refractivity contribution in [2.45, 2.75) is 64.0 Å². The van der Waals surface area contributed by atoms with Crippen molar-refractivity contribution < 1.29 is 23.8 Å². The Hall–Kier alpha value is -3.29. The molecule has 1 aliphatic carbocycles.